The third-order valence-corrected chi connectivity index (χ3v) is 5.61. The van der Waals surface area contributed by atoms with Crippen LogP contribution in [0.1, 0.15) is 56.9 Å². The lowest BCUT2D eigenvalue weighted by Gasteiger charge is -2.34. The molecule has 4 nitrogen and oxygen atoms in total. The smallest absolute Gasteiger partial charge is 0.225 e. The molecule has 1 saturated carbocycles. The highest BCUT2D eigenvalue weighted by molar-refractivity contribution is 5.82. The van der Waals surface area contributed by atoms with Gasteiger partial charge < -0.3 is 10.2 Å². The molecule has 1 aliphatic carbocycles. The lowest BCUT2D eigenvalue weighted by molar-refractivity contribution is -0.137. The quantitative estimate of drug-likeness (QED) is 0.913. The summed E-state index contributed by atoms with van der Waals surface area (Å²) < 4.78 is 0. The summed E-state index contributed by atoms with van der Waals surface area (Å²) in [5, 5.41) is 3.07. The van der Waals surface area contributed by atoms with Crippen molar-refractivity contribution in [3.8, 4) is 0 Å². The van der Waals surface area contributed by atoms with E-state index in [4.69, 9.17) is 0 Å². The number of aryl methyl sites for hydroxylation is 1. The Labute approximate surface area is 151 Å². The molecular formula is C21H30N2O2. The van der Waals surface area contributed by atoms with E-state index in [0.717, 1.165) is 64.5 Å². The molecule has 136 valence electrons. The first-order valence-electron chi connectivity index (χ1n) is 9.87. The molecule has 2 atom stereocenters. The molecule has 0 bridgehead atoms. The van der Waals surface area contributed by atoms with Gasteiger partial charge in [-0.3, -0.25) is 9.59 Å². The van der Waals surface area contributed by atoms with Gasteiger partial charge in [-0.1, -0.05) is 36.8 Å². The van der Waals surface area contributed by atoms with Crippen molar-refractivity contribution in [2.75, 3.05) is 13.1 Å². The monoisotopic (exact) mass is 342 g/mol. The normalized spacial score (nSPS) is 24.5. The van der Waals surface area contributed by atoms with Crippen molar-refractivity contribution in [1.82, 2.24) is 10.2 Å². The number of nitrogens with zero attached hydrogens (tertiary/aromatic N) is 1. The topological polar surface area (TPSA) is 49.4 Å². The number of carbonyl (C=O) groups excluding carboxylic acids is 2. The SMILES string of the molecule is O=C1NCCCCCN(C(=O)CCCc2ccccc2)C2CCCC12. The summed E-state index contributed by atoms with van der Waals surface area (Å²) >= 11 is 0. The van der Waals surface area contributed by atoms with Crippen LogP contribution in [0.5, 0.6) is 0 Å². The van der Waals surface area contributed by atoms with Crippen molar-refractivity contribution >= 4 is 11.8 Å². The third kappa shape index (κ3) is 4.83. The predicted molar refractivity (Wildman–Crippen MR) is 99.1 cm³/mol. The number of hydrogen-bond donors (Lipinski definition) is 1. The highest BCUT2D eigenvalue weighted by atomic mass is 16.2. The van der Waals surface area contributed by atoms with E-state index < -0.39 is 0 Å². The highest BCUT2D eigenvalue weighted by Gasteiger charge is 2.38. The van der Waals surface area contributed by atoms with Crippen LogP contribution in [-0.2, 0) is 16.0 Å². The summed E-state index contributed by atoms with van der Waals surface area (Å²) in [6.45, 7) is 1.60. The van der Waals surface area contributed by atoms with Crippen LogP contribution in [0.3, 0.4) is 0 Å². The first-order valence-corrected chi connectivity index (χ1v) is 9.87. The molecule has 25 heavy (non-hydrogen) atoms. The van der Waals surface area contributed by atoms with Crippen LogP contribution < -0.4 is 5.32 Å². The van der Waals surface area contributed by atoms with Gasteiger partial charge in [0.1, 0.15) is 0 Å². The zero-order chi connectivity index (χ0) is 17.5. The van der Waals surface area contributed by atoms with E-state index in [1.165, 1.54) is 5.56 Å². The first kappa shape index (κ1) is 18.0. The molecule has 2 unspecified atom stereocenters. The van der Waals surface area contributed by atoms with Gasteiger partial charge in [0.15, 0.2) is 0 Å². The maximum Gasteiger partial charge on any atom is 0.225 e. The Morgan fingerprint density at radius 3 is 2.76 bits per heavy atom. The lowest BCUT2D eigenvalue weighted by atomic mass is 9.98. The summed E-state index contributed by atoms with van der Waals surface area (Å²) in [5.74, 6) is 0.392. The van der Waals surface area contributed by atoms with Crippen molar-refractivity contribution < 1.29 is 9.59 Å². The summed E-state index contributed by atoms with van der Waals surface area (Å²) in [6, 6.07) is 10.5. The van der Waals surface area contributed by atoms with Crippen LogP contribution in [0, 0.1) is 5.92 Å². The van der Waals surface area contributed by atoms with E-state index >= 15 is 0 Å². The van der Waals surface area contributed by atoms with Gasteiger partial charge in [0.2, 0.25) is 11.8 Å². The van der Waals surface area contributed by atoms with Crippen LogP contribution in [0.15, 0.2) is 30.3 Å². The number of carbonyl (C=O) groups is 2. The van der Waals surface area contributed by atoms with Crippen molar-refractivity contribution in [3.63, 3.8) is 0 Å². The van der Waals surface area contributed by atoms with Gasteiger partial charge in [-0.2, -0.15) is 0 Å². The average Bonchev–Trinajstić information content (AvgIpc) is 3.11. The third-order valence-electron chi connectivity index (χ3n) is 5.61. The van der Waals surface area contributed by atoms with Gasteiger partial charge >= 0.3 is 0 Å². The van der Waals surface area contributed by atoms with Gasteiger partial charge in [0.05, 0.1) is 5.92 Å². The van der Waals surface area contributed by atoms with E-state index in [-0.39, 0.29) is 23.8 Å². The molecule has 0 spiro atoms. The Kier molecular flexibility index (Phi) is 6.48. The maximum absolute atomic E-state index is 12.9. The molecule has 0 aromatic heterocycles. The predicted octanol–water partition coefficient (Wildman–Crippen LogP) is 3.31. The van der Waals surface area contributed by atoms with Crippen molar-refractivity contribution in [1.29, 1.82) is 0 Å². The van der Waals surface area contributed by atoms with Crippen molar-refractivity contribution in [3.05, 3.63) is 35.9 Å². The Bertz CT molecular complexity index is 573. The molecule has 1 saturated heterocycles. The summed E-state index contributed by atoms with van der Waals surface area (Å²) in [4.78, 5) is 27.4. The second-order valence-corrected chi connectivity index (χ2v) is 7.38. The zero-order valence-electron chi connectivity index (χ0n) is 15.1. The molecule has 0 radical (unpaired) electrons. The summed E-state index contributed by atoms with van der Waals surface area (Å²) in [5.41, 5.74) is 1.29. The molecule has 1 aromatic carbocycles. The largest absolute Gasteiger partial charge is 0.356 e. The van der Waals surface area contributed by atoms with Crippen LogP contribution >= 0.6 is 0 Å². The molecular weight excluding hydrogens is 312 g/mol. The average molecular weight is 342 g/mol. The minimum Gasteiger partial charge on any atom is -0.356 e. The van der Waals surface area contributed by atoms with E-state index in [1.54, 1.807) is 0 Å². The fraction of sp³-hybridized carbons (Fsp3) is 0.619. The van der Waals surface area contributed by atoms with Crippen molar-refractivity contribution in [2.45, 2.75) is 63.8 Å². The van der Waals surface area contributed by atoms with E-state index in [2.05, 4.69) is 17.4 Å². The van der Waals surface area contributed by atoms with Crippen LogP contribution in [0.4, 0.5) is 0 Å². The van der Waals surface area contributed by atoms with E-state index in [1.807, 2.05) is 23.1 Å². The van der Waals surface area contributed by atoms with Crippen LogP contribution in [0.2, 0.25) is 0 Å². The van der Waals surface area contributed by atoms with Gasteiger partial charge in [-0.05, 0) is 50.5 Å². The first-order chi connectivity index (χ1) is 12.3. The second-order valence-electron chi connectivity index (χ2n) is 7.38. The number of benzene rings is 1. The van der Waals surface area contributed by atoms with Gasteiger partial charge in [0.25, 0.3) is 0 Å². The lowest BCUT2D eigenvalue weighted by Crippen LogP contribution is -2.48. The fourth-order valence-electron chi connectivity index (χ4n) is 4.25. The number of rotatable bonds is 4. The number of hydrogen-bond acceptors (Lipinski definition) is 2. The number of fused-ring (bicyclic) bond motifs is 1. The Hall–Kier alpha value is -1.84. The van der Waals surface area contributed by atoms with Crippen molar-refractivity contribution in [2.24, 2.45) is 5.92 Å². The van der Waals surface area contributed by atoms with Crippen LogP contribution in [-0.4, -0.2) is 35.8 Å². The molecule has 1 aliphatic heterocycles. The molecule has 1 aromatic rings. The Morgan fingerprint density at radius 1 is 1.08 bits per heavy atom. The Morgan fingerprint density at radius 2 is 1.92 bits per heavy atom. The Balaban J connectivity index is 1.60. The molecule has 4 heteroatoms. The zero-order valence-corrected chi connectivity index (χ0v) is 15.1. The van der Waals surface area contributed by atoms with Gasteiger partial charge in [0, 0.05) is 25.6 Å². The minimum atomic E-state index is -0.00354. The minimum absolute atomic E-state index is 0.00354. The standard InChI is InChI=1S/C21H30N2O2/c24-20(14-7-11-17-9-3-1-4-10-17)23-16-6-2-5-15-22-21(25)18-12-8-13-19(18)23/h1,3-4,9-10,18-19H,2,5-8,11-16H2,(H,22,25). The summed E-state index contributed by atoms with van der Waals surface area (Å²) in [7, 11) is 0. The molecule has 2 fully saturated rings. The molecule has 2 aliphatic rings. The molecule has 3 rings (SSSR count). The van der Waals surface area contributed by atoms with Gasteiger partial charge in [-0.15, -0.1) is 0 Å². The van der Waals surface area contributed by atoms with E-state index in [9.17, 15) is 9.59 Å². The van der Waals surface area contributed by atoms with Gasteiger partial charge in [-0.25, -0.2) is 0 Å². The van der Waals surface area contributed by atoms with Crippen LogP contribution in [0.25, 0.3) is 0 Å². The molecule has 1 heterocycles. The molecule has 1 N–H and O–H groups in total. The maximum atomic E-state index is 12.9. The second kappa shape index (κ2) is 9.02. The number of amides is 2. The number of nitrogens with one attached hydrogen (secondary N) is 1. The summed E-state index contributed by atoms with van der Waals surface area (Å²) in [6.07, 6.45) is 8.48. The molecule has 2 amide bonds. The highest BCUT2D eigenvalue weighted by Crippen LogP contribution is 2.31. The fourth-order valence-corrected chi connectivity index (χ4v) is 4.25. The van der Waals surface area contributed by atoms with E-state index in [0.29, 0.717) is 6.42 Å².